The lowest BCUT2D eigenvalue weighted by molar-refractivity contribution is -0.149. The standard InChI is InChI=1S/C91H127N23O19S2/c1-8-11-23-61-88(131)113-36-19-28-70(113)84(127)104-62(39-53-43-98-59-24-16-14-21-57(53)59)80(123)108-67(46-115)82(125)107-65(40-54-47-135-73-30-17-15-22-58(54)73)87(130)112(7)72(27-13-10-3)90(133)111(6)69(26-12-9-2)83(126)102-60(25-18-35-97-91(94)95)79(122)109-68(78(121)99-45-75(93)118)48-134-49-76(119)101-64(38-52-31-33-56(116)34-32-52)86(129)110(5)51(4)77(120)106-66(42-74(92)117)89(132)114-37-20-29-71(114)85(128)105-63(81(124)103-61)41-55-44-96-50-100-55/h14-17,21-22,24,30-34,43-44,47,50-51,60-72,98,115-116H,8-13,18-20,23,25-29,35-42,45-46,48-49H2,1-7H3,(H2,92,117)(H2,93,118)(H,96,100)(H,99,121)(H,101,119)(H,102,126)(H,103,124)(H,104,127)(H,105,128)(H,106,120)(H,107,125)(H,108,123)(H,109,122)(H4,94,95,97)/t51-,60-,61-,62-,63-,64-,65-,66-,67-,68?,69-,70+,71?,72-/m0/s1. The highest BCUT2D eigenvalue weighted by atomic mass is 32.2. The molecule has 135 heavy (non-hydrogen) atoms. The number of unbranched alkanes of at least 4 members (excludes halogenated alkanes) is 3. The minimum atomic E-state index is -1.84. The number of aromatic hydroxyl groups is 1. The van der Waals surface area contributed by atoms with Crippen molar-refractivity contribution >= 4 is 150 Å². The number of para-hydroxylation sites is 1. The second kappa shape index (κ2) is 51.3. The zero-order chi connectivity index (χ0) is 98.3. The number of fused-ring (bicyclic) bond motifs is 4. The molecule has 22 N–H and O–H groups in total. The third kappa shape index (κ3) is 29.6. The lowest BCUT2D eigenvalue weighted by atomic mass is 10.00. The number of guanidine groups is 1. The lowest BCUT2D eigenvalue weighted by Gasteiger charge is -2.36. The van der Waals surface area contributed by atoms with Crippen molar-refractivity contribution in [3.05, 3.63) is 119 Å². The number of phenolic OH excluding ortho intramolecular Hbond substituents is 1. The second-order valence-corrected chi connectivity index (χ2v) is 36.1. The number of primary amides is 2. The Morgan fingerprint density at radius 2 is 1.05 bits per heavy atom. The monoisotopic (exact) mass is 1910 g/mol. The number of likely N-dealkylation sites (N-methyl/N-ethyl adjacent to an activating group) is 3. The first kappa shape index (κ1) is 105. The third-order valence-corrected chi connectivity index (χ3v) is 26.4. The summed E-state index contributed by atoms with van der Waals surface area (Å²) in [6.45, 7) is 4.96. The molecule has 0 aliphatic carbocycles. The number of nitrogens with zero attached hydrogens (tertiary/aromatic N) is 6. The Hall–Kier alpha value is -13.3. The Labute approximate surface area is 789 Å². The van der Waals surface area contributed by atoms with Crippen molar-refractivity contribution in [1.82, 2.24) is 97.9 Å². The van der Waals surface area contributed by atoms with Gasteiger partial charge in [0, 0.05) is 106 Å². The number of carbonyl (C=O) groups is 17. The van der Waals surface area contributed by atoms with E-state index in [9.17, 15) is 53.4 Å². The summed E-state index contributed by atoms with van der Waals surface area (Å²) in [4.78, 5) is 266. The van der Waals surface area contributed by atoms with E-state index < -0.39 is 222 Å². The highest BCUT2D eigenvalue weighted by Gasteiger charge is 2.46. The van der Waals surface area contributed by atoms with Gasteiger partial charge in [-0.05, 0) is 116 Å². The number of H-pyrrole nitrogens is 2. The summed E-state index contributed by atoms with van der Waals surface area (Å²) in [6, 6.07) is -1.02. The lowest BCUT2D eigenvalue weighted by Crippen LogP contribution is -2.61. The maximum atomic E-state index is 15.8. The number of nitrogens with two attached hydrogens (primary N) is 3. The predicted molar refractivity (Wildman–Crippen MR) is 502 cm³/mol. The highest BCUT2D eigenvalue weighted by Crippen LogP contribution is 2.30. The minimum Gasteiger partial charge on any atom is -0.508 e. The maximum absolute atomic E-state index is 15.8. The van der Waals surface area contributed by atoms with Crippen LogP contribution in [0.25, 0.3) is 21.0 Å². The van der Waals surface area contributed by atoms with E-state index >= 15 is 38.4 Å². The molecule has 42 nitrogen and oxygen atoms in total. The number of hydrogen-bond donors (Lipinski definition) is 19. The molecule has 0 radical (unpaired) electrons. The number of thioether (sulfide) groups is 1. The van der Waals surface area contributed by atoms with Crippen LogP contribution in [0.4, 0.5) is 0 Å². The van der Waals surface area contributed by atoms with Crippen molar-refractivity contribution in [2.45, 2.75) is 241 Å². The number of aromatic amines is 2. The number of hydrogen-bond acceptors (Lipinski definition) is 23. The smallest absolute Gasteiger partial charge is 0.246 e. The molecular formula is C91H127N23O19S2. The fourth-order valence-corrected chi connectivity index (χ4v) is 18.5. The number of aliphatic hydroxyl groups is 1. The van der Waals surface area contributed by atoms with E-state index in [-0.39, 0.29) is 109 Å². The van der Waals surface area contributed by atoms with Gasteiger partial charge in [0.25, 0.3) is 0 Å². The van der Waals surface area contributed by atoms with E-state index in [1.807, 2.05) is 39.0 Å². The summed E-state index contributed by atoms with van der Waals surface area (Å²) in [6.07, 6.45) is 5.65. The SMILES string of the molecule is CCCC[C@@H]1NC(=O)[C@H](Cc2cnc[nH]2)NC(=O)C2CCCN2C(=O)[C@H](CC(N)=O)NC(=O)[C@H](C)N(C)C(=O)[C@H](Cc2ccc(O)cc2)NC(=O)CSCC(C(=O)NCC(N)=O)NC(=O)[C@H](CCCNC(=N)N)NC(=O)[C@H](CCCC)N(C)C(=O)[C@H](CCCC)N(C)C(=O)[C@H](Cc2csc3ccccc23)NC(=O)[C@H](CO)NC(=O)[C@H](Cc2c[nH]c3ccccc23)NC(=O)[C@H]2CCCN2C1=O. The van der Waals surface area contributed by atoms with Crippen LogP contribution in [0.5, 0.6) is 5.75 Å². The molecule has 0 spiro atoms. The molecule has 44 heteroatoms. The number of benzene rings is 3. The van der Waals surface area contributed by atoms with Gasteiger partial charge in [-0.15, -0.1) is 23.1 Å². The Kier molecular flexibility index (Phi) is 40.0. The van der Waals surface area contributed by atoms with E-state index in [2.05, 4.69) is 73.4 Å². The van der Waals surface area contributed by atoms with Gasteiger partial charge in [0.1, 0.15) is 90.3 Å². The number of rotatable bonds is 27. The number of aromatic nitrogens is 3. The van der Waals surface area contributed by atoms with Crippen molar-refractivity contribution < 1.29 is 91.7 Å². The van der Waals surface area contributed by atoms with Gasteiger partial charge >= 0.3 is 0 Å². The number of aliphatic hydroxyl groups excluding tert-OH is 1. The number of nitrogens with one attached hydrogen (secondary N) is 14. The molecule has 3 saturated heterocycles. The van der Waals surface area contributed by atoms with Crippen molar-refractivity contribution in [1.29, 1.82) is 5.41 Å². The van der Waals surface area contributed by atoms with Gasteiger partial charge in [-0.2, -0.15) is 0 Å². The topological polar surface area (TPSA) is 626 Å². The summed E-state index contributed by atoms with van der Waals surface area (Å²) in [5, 5.41) is 61.9. The van der Waals surface area contributed by atoms with Gasteiger partial charge in [-0.3, -0.25) is 86.9 Å². The van der Waals surface area contributed by atoms with Crippen molar-refractivity contribution in [3.63, 3.8) is 0 Å². The minimum absolute atomic E-state index is 0.00490. The highest BCUT2D eigenvalue weighted by molar-refractivity contribution is 8.00. The number of imidazole rings is 1. The summed E-state index contributed by atoms with van der Waals surface area (Å²) < 4.78 is 0.826. The molecule has 9 rings (SSSR count). The summed E-state index contributed by atoms with van der Waals surface area (Å²) >= 11 is 2.13. The Morgan fingerprint density at radius 3 is 1.67 bits per heavy atom. The Morgan fingerprint density at radius 1 is 0.519 bits per heavy atom. The van der Waals surface area contributed by atoms with Gasteiger partial charge in [-0.1, -0.05) is 108 Å². The van der Waals surface area contributed by atoms with Crippen LogP contribution < -0.4 is 75.7 Å². The van der Waals surface area contributed by atoms with Crippen molar-refractivity contribution in [2.24, 2.45) is 17.2 Å². The van der Waals surface area contributed by atoms with Crippen LogP contribution in [-0.4, -0.2) is 306 Å². The largest absolute Gasteiger partial charge is 0.508 e. The van der Waals surface area contributed by atoms with Crippen LogP contribution in [-0.2, 0) is 107 Å². The summed E-state index contributed by atoms with van der Waals surface area (Å²) in [5.41, 5.74) is 19.4. The van der Waals surface area contributed by atoms with E-state index in [0.717, 1.165) is 36.5 Å². The molecule has 3 aromatic carbocycles. The predicted octanol–water partition coefficient (Wildman–Crippen LogP) is -1.02. The van der Waals surface area contributed by atoms with E-state index in [0.29, 0.717) is 71.8 Å². The molecule has 3 aliphatic heterocycles. The molecule has 6 heterocycles. The van der Waals surface area contributed by atoms with Gasteiger partial charge in [-0.25, -0.2) is 4.98 Å². The normalized spacial score (nSPS) is 24.2. The summed E-state index contributed by atoms with van der Waals surface area (Å²) in [5.74, 6) is -16.9. The van der Waals surface area contributed by atoms with Crippen LogP contribution in [0, 0.1) is 5.41 Å². The quantitative estimate of drug-likeness (QED) is 0.0167. The zero-order valence-corrected chi connectivity index (χ0v) is 78.6. The molecule has 6 aromatic rings. The molecule has 0 saturated carbocycles. The van der Waals surface area contributed by atoms with Gasteiger partial charge in [0.2, 0.25) is 100 Å². The first-order chi connectivity index (χ1) is 64.5. The Bertz CT molecular complexity index is 5190. The van der Waals surface area contributed by atoms with E-state index in [4.69, 9.17) is 22.6 Å². The molecule has 732 valence electrons. The molecule has 3 aliphatic rings. The van der Waals surface area contributed by atoms with Crippen LogP contribution in [0.3, 0.4) is 0 Å². The van der Waals surface area contributed by atoms with E-state index in [1.165, 1.54) is 86.0 Å². The zero-order valence-electron chi connectivity index (χ0n) is 77.0. The molecule has 14 atom stereocenters. The number of amides is 17. The molecular weight excluding hydrogens is 1780 g/mol. The van der Waals surface area contributed by atoms with Gasteiger partial charge in [0.15, 0.2) is 5.96 Å². The van der Waals surface area contributed by atoms with Crippen LogP contribution >= 0.6 is 23.1 Å². The Balaban J connectivity index is 1.10. The maximum Gasteiger partial charge on any atom is 0.246 e. The molecule has 0 bridgehead atoms. The van der Waals surface area contributed by atoms with Crippen LogP contribution in [0.15, 0.2) is 96.9 Å². The molecule has 17 amide bonds. The fraction of sp³-hybridized carbons (Fsp3) is 0.527. The van der Waals surface area contributed by atoms with Gasteiger partial charge in [0.05, 0.1) is 31.7 Å². The number of carbonyl (C=O) groups excluding carboxylic acids is 17. The molecule has 2 unspecified atom stereocenters. The average Bonchev–Trinajstić information content (AvgIpc) is 1.69. The molecule has 3 aromatic heterocycles. The average molecular weight is 1910 g/mol. The summed E-state index contributed by atoms with van der Waals surface area (Å²) in [7, 11) is 3.95. The third-order valence-electron chi connectivity index (χ3n) is 24.3. The number of thiophene rings is 1. The first-order valence-corrected chi connectivity index (χ1v) is 47.6. The van der Waals surface area contributed by atoms with Crippen molar-refractivity contribution in [2.75, 3.05) is 65.4 Å². The van der Waals surface area contributed by atoms with E-state index in [1.54, 1.807) is 41.9 Å². The van der Waals surface area contributed by atoms with Crippen LogP contribution in [0.2, 0.25) is 0 Å². The second-order valence-electron chi connectivity index (χ2n) is 34.2. The first-order valence-electron chi connectivity index (χ1n) is 45.5. The van der Waals surface area contributed by atoms with Gasteiger partial charge < -0.3 is 120 Å². The van der Waals surface area contributed by atoms with Crippen molar-refractivity contribution in [3.8, 4) is 5.75 Å². The fourth-order valence-electron chi connectivity index (χ4n) is 16.6. The van der Waals surface area contributed by atoms with Crippen LogP contribution in [0.1, 0.15) is 153 Å². The number of phenols is 1. The molecule has 3 fully saturated rings.